The van der Waals surface area contributed by atoms with Gasteiger partial charge in [-0.2, -0.15) is 0 Å². The van der Waals surface area contributed by atoms with E-state index in [1.54, 1.807) is 5.06 Å². The Labute approximate surface area is 211 Å². The van der Waals surface area contributed by atoms with Crippen LogP contribution in [-0.2, 0) is 27.4 Å². The number of carbonyl (C=O) groups is 1. The second-order valence-corrected chi connectivity index (χ2v) is 11.4. The lowest BCUT2D eigenvalue weighted by atomic mass is 9.86. The molecule has 1 aromatic heterocycles. The van der Waals surface area contributed by atoms with E-state index in [0.29, 0.717) is 36.2 Å². The summed E-state index contributed by atoms with van der Waals surface area (Å²) in [6.07, 6.45) is 9.21. The molecule has 0 N–H and O–H groups in total. The zero-order valence-corrected chi connectivity index (χ0v) is 21.6. The molecule has 0 radical (unpaired) electrons. The normalized spacial score (nSPS) is 23.4. The summed E-state index contributed by atoms with van der Waals surface area (Å²) in [7, 11) is 0. The number of rotatable bonds is 4. The number of hydroxylamine groups is 2. The Hall–Kier alpha value is -2.16. The van der Waals surface area contributed by atoms with Gasteiger partial charge in [0, 0.05) is 10.9 Å². The Bertz CT molecular complexity index is 1050. The number of hydrogen-bond donors (Lipinski definition) is 0. The average molecular weight is 503 g/mol. The van der Waals surface area contributed by atoms with Crippen LogP contribution in [0.1, 0.15) is 95.3 Å². The lowest BCUT2D eigenvalue weighted by Crippen LogP contribution is -2.31. The van der Waals surface area contributed by atoms with Crippen LogP contribution in [0.5, 0.6) is 0 Å². The molecule has 5 rings (SSSR count). The van der Waals surface area contributed by atoms with Gasteiger partial charge in [0.05, 0.1) is 31.0 Å². The summed E-state index contributed by atoms with van der Waals surface area (Å²) >= 11 is 6.34. The maximum absolute atomic E-state index is 12.4. The molecule has 0 atom stereocenters. The highest BCUT2D eigenvalue weighted by Crippen LogP contribution is 2.38. The predicted molar refractivity (Wildman–Crippen MR) is 131 cm³/mol. The first-order valence-corrected chi connectivity index (χ1v) is 13.2. The van der Waals surface area contributed by atoms with Crippen LogP contribution in [0.15, 0.2) is 18.2 Å². The Kier molecular flexibility index (Phi) is 7.06. The zero-order valence-electron chi connectivity index (χ0n) is 20.8. The minimum atomic E-state index is -0.741. The minimum Gasteiger partial charge on any atom is -0.427 e. The molecule has 2 saturated carbocycles. The smallest absolute Gasteiger partial charge is 0.427 e. The van der Waals surface area contributed by atoms with E-state index < -0.39 is 11.8 Å². The molecule has 2 aliphatic carbocycles. The van der Waals surface area contributed by atoms with Gasteiger partial charge in [0.2, 0.25) is 0 Å². The summed E-state index contributed by atoms with van der Waals surface area (Å²) in [5, 5.41) is 11.3. The van der Waals surface area contributed by atoms with E-state index in [1.807, 2.05) is 39.0 Å². The van der Waals surface area contributed by atoms with Crippen LogP contribution in [0.2, 0.25) is 5.02 Å². The van der Waals surface area contributed by atoms with Crippen molar-refractivity contribution in [1.82, 2.24) is 19.8 Å². The number of halogens is 1. The molecule has 9 heteroatoms. The molecule has 1 aromatic carbocycles. The number of ether oxygens (including phenoxy) is 2. The number of benzene rings is 1. The molecular weight excluding hydrogens is 468 g/mol. The third-order valence-corrected chi connectivity index (χ3v) is 7.26. The zero-order chi connectivity index (χ0) is 24.6. The molecule has 0 amide bonds. The second-order valence-electron chi connectivity index (χ2n) is 11.0. The van der Waals surface area contributed by atoms with Gasteiger partial charge < -0.3 is 14.3 Å². The van der Waals surface area contributed by atoms with E-state index in [1.165, 1.54) is 25.7 Å². The minimum absolute atomic E-state index is 0.304. The Morgan fingerprint density at radius 1 is 1.00 bits per heavy atom. The molecule has 0 saturated heterocycles. The number of hydrogen-bond acceptors (Lipinski definition) is 7. The lowest BCUT2D eigenvalue weighted by molar-refractivity contribution is -0.155. The van der Waals surface area contributed by atoms with E-state index in [2.05, 4.69) is 14.8 Å². The summed E-state index contributed by atoms with van der Waals surface area (Å²) in [5.74, 6) is 2.00. The first kappa shape index (κ1) is 24.5. The average Bonchev–Trinajstić information content (AvgIpc) is 3.40. The van der Waals surface area contributed by atoms with Crippen LogP contribution in [0.25, 0.3) is 5.69 Å². The van der Waals surface area contributed by atoms with Crippen molar-refractivity contribution in [3.63, 3.8) is 0 Å². The van der Waals surface area contributed by atoms with Crippen LogP contribution in [0.3, 0.4) is 0 Å². The van der Waals surface area contributed by atoms with E-state index >= 15 is 0 Å². The fraction of sp³-hybridized carbons (Fsp3) is 0.654. The predicted octanol–water partition coefficient (Wildman–Crippen LogP) is 6.09. The number of fused-ring (bicyclic) bond motifs is 3. The Morgan fingerprint density at radius 3 is 2.43 bits per heavy atom. The molecule has 3 aliphatic rings. The van der Waals surface area contributed by atoms with Gasteiger partial charge in [-0.25, -0.2) is 4.79 Å². The summed E-state index contributed by atoms with van der Waals surface area (Å²) in [4.78, 5) is 17.9. The third-order valence-electron chi connectivity index (χ3n) is 7.02. The van der Waals surface area contributed by atoms with Gasteiger partial charge >= 0.3 is 6.16 Å². The van der Waals surface area contributed by atoms with Gasteiger partial charge in [-0.15, -0.1) is 15.3 Å². The third kappa shape index (κ3) is 5.81. The quantitative estimate of drug-likeness (QED) is 0.468. The van der Waals surface area contributed by atoms with Gasteiger partial charge in [-0.05, 0) is 83.1 Å². The van der Waals surface area contributed by atoms with Crippen LogP contribution in [-0.4, -0.2) is 43.8 Å². The van der Waals surface area contributed by atoms with Crippen LogP contribution >= 0.6 is 11.6 Å². The highest BCUT2D eigenvalue weighted by Gasteiger charge is 2.33. The van der Waals surface area contributed by atoms with Gasteiger partial charge in [0.15, 0.2) is 5.82 Å². The van der Waals surface area contributed by atoms with Gasteiger partial charge in [-0.3, -0.25) is 4.57 Å². The lowest BCUT2D eigenvalue weighted by Gasteiger charge is -2.30. The highest BCUT2D eigenvalue weighted by atomic mass is 35.5. The SMILES string of the molecule is CC(C)(C)OC(=O)ON1Cc2cc(Cl)ccc2-n2c(nnc2C2CCC(OC3CCCC3)CC2)C1. The van der Waals surface area contributed by atoms with Crippen LogP contribution in [0.4, 0.5) is 4.79 Å². The van der Waals surface area contributed by atoms with Gasteiger partial charge in [0.25, 0.3) is 0 Å². The molecular formula is C26H35ClN4O4. The number of carbonyl (C=O) groups excluding carboxylic acids is 1. The van der Waals surface area contributed by atoms with Crippen LogP contribution in [0, 0.1) is 0 Å². The topological polar surface area (TPSA) is 78.7 Å². The Balaban J connectivity index is 1.35. The number of nitrogens with zero attached hydrogens (tertiary/aromatic N) is 4. The summed E-state index contributed by atoms with van der Waals surface area (Å²) in [6, 6.07) is 5.79. The highest BCUT2D eigenvalue weighted by molar-refractivity contribution is 6.30. The fourth-order valence-electron chi connectivity index (χ4n) is 5.45. The number of aromatic nitrogens is 3. The summed E-state index contributed by atoms with van der Waals surface area (Å²) < 4.78 is 13.9. The standard InChI is InChI=1S/C26H35ClN4O4/c1-26(2,3)34-25(32)35-30-15-18-14-19(27)10-13-22(18)31-23(16-30)28-29-24(31)17-8-11-21(12-9-17)33-20-6-4-5-7-20/h10,13-14,17,20-21H,4-9,11-12,15-16H2,1-3H3. The van der Waals surface area contributed by atoms with E-state index in [-0.39, 0.29) is 0 Å². The molecule has 2 aromatic rings. The van der Waals surface area contributed by atoms with E-state index in [4.69, 9.17) is 25.9 Å². The molecule has 8 nitrogen and oxygen atoms in total. The molecule has 0 bridgehead atoms. The second kappa shape index (κ2) is 10.1. The maximum atomic E-state index is 12.4. The van der Waals surface area contributed by atoms with Gasteiger partial charge in [-0.1, -0.05) is 24.4 Å². The van der Waals surface area contributed by atoms with Crippen molar-refractivity contribution in [3.05, 3.63) is 40.4 Å². The molecule has 0 unspecified atom stereocenters. The monoisotopic (exact) mass is 502 g/mol. The molecule has 2 fully saturated rings. The van der Waals surface area contributed by atoms with Crippen molar-refractivity contribution in [2.24, 2.45) is 0 Å². The summed E-state index contributed by atoms with van der Waals surface area (Å²) in [6.45, 7) is 6.10. The first-order valence-electron chi connectivity index (χ1n) is 12.8. The van der Waals surface area contributed by atoms with E-state index in [0.717, 1.165) is 48.6 Å². The molecule has 1 aliphatic heterocycles. The summed E-state index contributed by atoms with van der Waals surface area (Å²) in [5.41, 5.74) is 1.28. The van der Waals surface area contributed by atoms with E-state index in [9.17, 15) is 4.79 Å². The first-order chi connectivity index (χ1) is 16.7. The maximum Gasteiger partial charge on any atom is 0.528 e. The molecule has 190 valence electrons. The Morgan fingerprint density at radius 2 is 1.71 bits per heavy atom. The molecule has 0 spiro atoms. The molecule has 2 heterocycles. The van der Waals surface area contributed by atoms with Crippen molar-refractivity contribution in [3.8, 4) is 5.69 Å². The molecule has 35 heavy (non-hydrogen) atoms. The van der Waals surface area contributed by atoms with Crippen LogP contribution < -0.4 is 0 Å². The van der Waals surface area contributed by atoms with Crippen molar-refractivity contribution in [2.75, 3.05) is 0 Å². The van der Waals surface area contributed by atoms with Crippen molar-refractivity contribution in [2.45, 2.75) is 109 Å². The van der Waals surface area contributed by atoms with Crippen molar-refractivity contribution in [1.29, 1.82) is 0 Å². The fourth-order valence-corrected chi connectivity index (χ4v) is 5.65. The van der Waals surface area contributed by atoms with Crippen molar-refractivity contribution >= 4 is 17.8 Å². The van der Waals surface area contributed by atoms with Crippen molar-refractivity contribution < 1.29 is 19.1 Å². The van der Waals surface area contributed by atoms with Gasteiger partial charge in [0.1, 0.15) is 11.4 Å². The largest absolute Gasteiger partial charge is 0.528 e.